The summed E-state index contributed by atoms with van der Waals surface area (Å²) in [5, 5.41) is 9.18. The molecule has 21 heavy (non-hydrogen) atoms. The van der Waals surface area contributed by atoms with Gasteiger partial charge < -0.3 is 9.30 Å². The zero-order chi connectivity index (χ0) is 15.4. The standard InChI is InChI=1S/C16H15FN2O2/c1-11-7-13(10-21-2)15(8-18)16(20)19(11)9-12-3-5-14(17)6-4-12/h3-7H,9-10H2,1-2H3. The molecule has 108 valence electrons. The van der Waals surface area contributed by atoms with Gasteiger partial charge in [0.2, 0.25) is 0 Å². The van der Waals surface area contributed by atoms with Crippen molar-refractivity contribution in [1.29, 1.82) is 5.26 Å². The van der Waals surface area contributed by atoms with Gasteiger partial charge in [0.25, 0.3) is 5.56 Å². The maximum absolute atomic E-state index is 12.9. The number of ether oxygens (including phenoxy) is 1. The van der Waals surface area contributed by atoms with E-state index in [2.05, 4.69) is 0 Å². The Morgan fingerprint density at radius 3 is 2.57 bits per heavy atom. The highest BCUT2D eigenvalue weighted by atomic mass is 19.1. The predicted octanol–water partition coefficient (Wildman–Crippen LogP) is 2.36. The van der Waals surface area contributed by atoms with Crippen molar-refractivity contribution in [2.45, 2.75) is 20.1 Å². The third-order valence-electron chi connectivity index (χ3n) is 3.25. The van der Waals surface area contributed by atoms with Crippen molar-refractivity contribution in [3.8, 4) is 6.07 Å². The van der Waals surface area contributed by atoms with Crippen molar-refractivity contribution in [2.75, 3.05) is 7.11 Å². The summed E-state index contributed by atoms with van der Waals surface area (Å²) in [7, 11) is 1.51. The molecule has 0 saturated carbocycles. The minimum atomic E-state index is -0.353. The normalized spacial score (nSPS) is 10.4. The van der Waals surface area contributed by atoms with E-state index in [0.29, 0.717) is 12.1 Å². The van der Waals surface area contributed by atoms with Gasteiger partial charge in [-0.15, -0.1) is 0 Å². The van der Waals surface area contributed by atoms with E-state index in [4.69, 9.17) is 4.74 Å². The number of hydrogen-bond acceptors (Lipinski definition) is 3. The van der Waals surface area contributed by atoms with E-state index in [1.165, 1.54) is 23.8 Å². The molecule has 0 N–H and O–H groups in total. The number of methoxy groups -OCH3 is 1. The fourth-order valence-electron chi connectivity index (χ4n) is 2.19. The lowest BCUT2D eigenvalue weighted by Gasteiger charge is -2.13. The molecule has 0 atom stereocenters. The van der Waals surface area contributed by atoms with Gasteiger partial charge >= 0.3 is 0 Å². The van der Waals surface area contributed by atoms with Gasteiger partial charge in [-0.25, -0.2) is 4.39 Å². The summed E-state index contributed by atoms with van der Waals surface area (Å²) in [6, 6.07) is 9.65. The van der Waals surface area contributed by atoms with Gasteiger partial charge in [-0.2, -0.15) is 5.26 Å². The van der Waals surface area contributed by atoms with Crippen LogP contribution in [0.3, 0.4) is 0 Å². The van der Waals surface area contributed by atoms with Crippen LogP contribution in [-0.2, 0) is 17.9 Å². The number of benzene rings is 1. The first kappa shape index (κ1) is 14.9. The fourth-order valence-corrected chi connectivity index (χ4v) is 2.19. The van der Waals surface area contributed by atoms with Crippen molar-refractivity contribution in [2.24, 2.45) is 0 Å². The second-order valence-electron chi connectivity index (χ2n) is 4.75. The fraction of sp³-hybridized carbons (Fsp3) is 0.250. The molecule has 0 aliphatic rings. The molecule has 0 aliphatic heterocycles. The summed E-state index contributed by atoms with van der Waals surface area (Å²) in [6.07, 6.45) is 0. The quantitative estimate of drug-likeness (QED) is 0.867. The molecule has 0 spiro atoms. The van der Waals surface area contributed by atoms with E-state index in [-0.39, 0.29) is 23.5 Å². The lowest BCUT2D eigenvalue weighted by atomic mass is 10.1. The molecular weight excluding hydrogens is 271 g/mol. The molecule has 1 aromatic carbocycles. The zero-order valence-corrected chi connectivity index (χ0v) is 11.9. The molecule has 0 saturated heterocycles. The lowest BCUT2D eigenvalue weighted by molar-refractivity contribution is 0.184. The molecule has 2 aromatic rings. The highest BCUT2D eigenvalue weighted by molar-refractivity contribution is 5.37. The lowest BCUT2D eigenvalue weighted by Crippen LogP contribution is -2.27. The number of nitriles is 1. The van der Waals surface area contributed by atoms with Crippen LogP contribution in [0.1, 0.15) is 22.4 Å². The highest BCUT2D eigenvalue weighted by Crippen LogP contribution is 2.11. The third-order valence-corrected chi connectivity index (χ3v) is 3.25. The second-order valence-corrected chi connectivity index (χ2v) is 4.75. The van der Waals surface area contributed by atoms with Gasteiger partial charge in [-0.1, -0.05) is 12.1 Å². The van der Waals surface area contributed by atoms with Crippen LogP contribution in [-0.4, -0.2) is 11.7 Å². The Morgan fingerprint density at radius 1 is 1.33 bits per heavy atom. The van der Waals surface area contributed by atoms with Gasteiger partial charge in [0.1, 0.15) is 17.4 Å². The topological polar surface area (TPSA) is 55.0 Å². The van der Waals surface area contributed by atoms with Crippen LogP contribution in [0.4, 0.5) is 4.39 Å². The van der Waals surface area contributed by atoms with Gasteiger partial charge in [-0.05, 0) is 30.7 Å². The minimum Gasteiger partial charge on any atom is -0.380 e. The van der Waals surface area contributed by atoms with Crippen molar-refractivity contribution >= 4 is 0 Å². The van der Waals surface area contributed by atoms with Crippen LogP contribution in [0.5, 0.6) is 0 Å². The Labute approximate surface area is 122 Å². The molecule has 1 aromatic heterocycles. The van der Waals surface area contributed by atoms with Gasteiger partial charge in [0.15, 0.2) is 0 Å². The van der Waals surface area contributed by atoms with Crippen LogP contribution in [0.2, 0.25) is 0 Å². The molecule has 1 heterocycles. The number of hydrogen-bond donors (Lipinski definition) is 0. The zero-order valence-electron chi connectivity index (χ0n) is 11.9. The average Bonchev–Trinajstić information content (AvgIpc) is 2.46. The number of nitrogens with zero attached hydrogens (tertiary/aromatic N) is 2. The van der Waals surface area contributed by atoms with Crippen LogP contribution in [0.15, 0.2) is 35.1 Å². The Bertz CT molecular complexity index is 743. The molecule has 2 rings (SSSR count). The average molecular weight is 286 g/mol. The van der Waals surface area contributed by atoms with Gasteiger partial charge in [0.05, 0.1) is 13.2 Å². The van der Waals surface area contributed by atoms with Gasteiger partial charge in [-0.3, -0.25) is 4.79 Å². The van der Waals surface area contributed by atoms with Crippen molar-refractivity contribution < 1.29 is 9.13 Å². The molecule has 0 fully saturated rings. The molecule has 0 unspecified atom stereocenters. The Balaban J connectivity index is 2.47. The second kappa shape index (κ2) is 6.33. The minimum absolute atomic E-state index is 0.0876. The van der Waals surface area contributed by atoms with E-state index < -0.39 is 0 Å². The summed E-state index contributed by atoms with van der Waals surface area (Å²) in [5.41, 5.74) is 1.84. The first-order valence-corrected chi connectivity index (χ1v) is 6.43. The van der Waals surface area contributed by atoms with Crippen molar-refractivity contribution in [3.05, 3.63) is 68.9 Å². The summed E-state index contributed by atoms with van der Waals surface area (Å²) in [6.45, 7) is 2.31. The monoisotopic (exact) mass is 286 g/mol. The maximum atomic E-state index is 12.9. The molecule has 0 bridgehead atoms. The van der Waals surface area contributed by atoms with Crippen LogP contribution < -0.4 is 5.56 Å². The molecule has 0 radical (unpaired) electrons. The summed E-state index contributed by atoms with van der Waals surface area (Å²) < 4.78 is 19.4. The van der Waals surface area contributed by atoms with E-state index in [9.17, 15) is 14.4 Å². The Kier molecular flexibility index (Phi) is 4.51. The number of pyridine rings is 1. The SMILES string of the molecule is COCc1cc(C)n(Cc2ccc(F)cc2)c(=O)c1C#N. The van der Waals surface area contributed by atoms with E-state index in [1.54, 1.807) is 25.1 Å². The predicted molar refractivity (Wildman–Crippen MR) is 76.4 cm³/mol. The Morgan fingerprint density at radius 2 is 2.00 bits per heavy atom. The van der Waals surface area contributed by atoms with Gasteiger partial charge in [0, 0.05) is 18.4 Å². The largest absolute Gasteiger partial charge is 0.380 e. The number of aryl methyl sites for hydroxylation is 1. The van der Waals surface area contributed by atoms with Crippen LogP contribution >= 0.6 is 0 Å². The van der Waals surface area contributed by atoms with E-state index in [1.807, 2.05) is 6.07 Å². The maximum Gasteiger partial charge on any atom is 0.269 e. The molecule has 0 aliphatic carbocycles. The number of aromatic nitrogens is 1. The summed E-state index contributed by atoms with van der Waals surface area (Å²) >= 11 is 0. The van der Waals surface area contributed by atoms with Crippen molar-refractivity contribution in [1.82, 2.24) is 4.57 Å². The Hall–Kier alpha value is -2.45. The molecule has 0 amide bonds. The molecule has 5 heteroatoms. The van der Waals surface area contributed by atoms with E-state index >= 15 is 0 Å². The first-order valence-electron chi connectivity index (χ1n) is 6.43. The number of halogens is 1. The summed E-state index contributed by atoms with van der Waals surface area (Å²) in [5.74, 6) is -0.323. The van der Waals surface area contributed by atoms with Crippen LogP contribution in [0.25, 0.3) is 0 Å². The van der Waals surface area contributed by atoms with E-state index in [0.717, 1.165) is 11.3 Å². The van der Waals surface area contributed by atoms with Crippen LogP contribution in [0, 0.1) is 24.1 Å². The highest BCUT2D eigenvalue weighted by Gasteiger charge is 2.13. The summed E-state index contributed by atoms with van der Waals surface area (Å²) in [4.78, 5) is 12.4. The third kappa shape index (κ3) is 3.18. The first-order chi connectivity index (χ1) is 10.1. The molecular formula is C16H15FN2O2. The van der Waals surface area contributed by atoms with Crippen molar-refractivity contribution in [3.63, 3.8) is 0 Å². The number of rotatable bonds is 4. The smallest absolute Gasteiger partial charge is 0.269 e. The molecule has 4 nitrogen and oxygen atoms in total.